The molecule has 0 unspecified atom stereocenters. The quantitative estimate of drug-likeness (QED) is 0.536. The molecule has 0 radical (unpaired) electrons. The van der Waals surface area contributed by atoms with Crippen LogP contribution in [0, 0.1) is 11.3 Å². The second-order valence-electron chi connectivity index (χ2n) is 6.52. The molecule has 0 fully saturated rings. The minimum absolute atomic E-state index is 0.0282. The maximum Gasteiger partial charge on any atom is 0.262 e. The lowest BCUT2D eigenvalue weighted by atomic mass is 10.1. The van der Waals surface area contributed by atoms with E-state index in [9.17, 15) is 10.1 Å². The smallest absolute Gasteiger partial charge is 0.262 e. The van der Waals surface area contributed by atoms with Crippen molar-refractivity contribution in [3.8, 4) is 17.6 Å². The summed E-state index contributed by atoms with van der Waals surface area (Å²) in [7, 11) is 1.56. The second-order valence-corrected chi connectivity index (χ2v) is 6.52. The normalized spacial score (nSPS) is 13.2. The SMILES string of the molecule is CC[C@@H](C)Oc1ccc(/C=C(/C#N)C(=O)N[C@@H](C)c2ccccc2)cc1OC. The zero-order valence-corrected chi connectivity index (χ0v) is 16.7. The van der Waals surface area contributed by atoms with E-state index in [0.29, 0.717) is 17.1 Å². The largest absolute Gasteiger partial charge is 0.493 e. The highest BCUT2D eigenvalue weighted by atomic mass is 16.5. The Morgan fingerprint density at radius 3 is 2.50 bits per heavy atom. The van der Waals surface area contributed by atoms with E-state index in [-0.39, 0.29) is 17.7 Å². The van der Waals surface area contributed by atoms with Gasteiger partial charge in [-0.25, -0.2) is 0 Å². The van der Waals surface area contributed by atoms with Crippen LogP contribution in [0.15, 0.2) is 54.1 Å². The van der Waals surface area contributed by atoms with Gasteiger partial charge in [-0.3, -0.25) is 4.79 Å². The standard InChI is InChI=1S/C23H26N2O3/c1-5-16(2)28-21-12-11-18(14-22(21)27-4)13-20(15-24)23(26)25-17(3)19-9-7-6-8-10-19/h6-14,16-17H,5H2,1-4H3,(H,25,26)/b20-13-/t16-,17+/m1/s1. The van der Waals surface area contributed by atoms with E-state index in [2.05, 4.69) is 5.32 Å². The van der Waals surface area contributed by atoms with Gasteiger partial charge in [0.25, 0.3) is 5.91 Å². The summed E-state index contributed by atoms with van der Waals surface area (Å²) in [5.41, 5.74) is 1.69. The number of amides is 1. The van der Waals surface area contributed by atoms with Gasteiger partial charge in [-0.2, -0.15) is 5.26 Å². The lowest BCUT2D eigenvalue weighted by Gasteiger charge is -2.16. The minimum Gasteiger partial charge on any atom is -0.493 e. The molecule has 2 aromatic carbocycles. The lowest BCUT2D eigenvalue weighted by Crippen LogP contribution is -2.27. The van der Waals surface area contributed by atoms with Gasteiger partial charge in [-0.15, -0.1) is 0 Å². The maximum absolute atomic E-state index is 12.5. The summed E-state index contributed by atoms with van der Waals surface area (Å²) in [6.07, 6.45) is 2.49. The molecule has 28 heavy (non-hydrogen) atoms. The molecule has 0 aliphatic heterocycles. The predicted octanol–water partition coefficient (Wildman–Crippen LogP) is 4.66. The van der Waals surface area contributed by atoms with Crippen molar-refractivity contribution < 1.29 is 14.3 Å². The molecule has 0 spiro atoms. The fraction of sp³-hybridized carbons (Fsp3) is 0.304. The Kier molecular flexibility index (Phi) is 7.65. The van der Waals surface area contributed by atoms with Gasteiger partial charge in [-0.1, -0.05) is 43.3 Å². The van der Waals surface area contributed by atoms with Gasteiger partial charge in [0.15, 0.2) is 11.5 Å². The highest BCUT2D eigenvalue weighted by Gasteiger charge is 2.14. The molecule has 1 N–H and O–H groups in total. The Hall–Kier alpha value is -3.26. The van der Waals surface area contributed by atoms with Crippen LogP contribution in [-0.4, -0.2) is 19.1 Å². The van der Waals surface area contributed by atoms with Gasteiger partial charge in [0.05, 0.1) is 19.3 Å². The first-order chi connectivity index (χ1) is 13.5. The van der Waals surface area contributed by atoms with Gasteiger partial charge < -0.3 is 14.8 Å². The molecule has 5 heteroatoms. The number of benzene rings is 2. The highest BCUT2D eigenvalue weighted by Crippen LogP contribution is 2.30. The van der Waals surface area contributed by atoms with Crippen LogP contribution in [0.3, 0.4) is 0 Å². The van der Waals surface area contributed by atoms with Gasteiger partial charge in [0, 0.05) is 0 Å². The fourth-order valence-electron chi connectivity index (χ4n) is 2.59. The molecule has 2 atom stereocenters. The Bertz CT molecular complexity index is 869. The highest BCUT2D eigenvalue weighted by molar-refractivity contribution is 6.01. The molecule has 1 amide bonds. The molecular formula is C23H26N2O3. The molecule has 0 saturated carbocycles. The number of carbonyl (C=O) groups is 1. The Balaban J connectivity index is 2.19. The van der Waals surface area contributed by atoms with Gasteiger partial charge in [-0.05, 0) is 49.6 Å². The first-order valence-electron chi connectivity index (χ1n) is 9.30. The van der Waals surface area contributed by atoms with Crippen LogP contribution in [-0.2, 0) is 4.79 Å². The number of methoxy groups -OCH3 is 1. The summed E-state index contributed by atoms with van der Waals surface area (Å²) < 4.78 is 11.2. The predicted molar refractivity (Wildman–Crippen MR) is 110 cm³/mol. The number of ether oxygens (including phenoxy) is 2. The van der Waals surface area contributed by atoms with Crippen LogP contribution in [0.5, 0.6) is 11.5 Å². The molecule has 0 bridgehead atoms. The number of nitrogens with one attached hydrogen (secondary N) is 1. The van der Waals surface area contributed by atoms with E-state index in [1.54, 1.807) is 31.4 Å². The number of carbonyl (C=O) groups excluding carboxylic acids is 1. The molecule has 0 saturated heterocycles. The minimum atomic E-state index is -0.419. The number of hydrogen-bond donors (Lipinski definition) is 1. The van der Waals surface area contributed by atoms with Crippen molar-refractivity contribution >= 4 is 12.0 Å². The van der Waals surface area contributed by atoms with E-state index in [0.717, 1.165) is 12.0 Å². The molecule has 0 heterocycles. The average Bonchev–Trinajstić information content (AvgIpc) is 2.73. The molecular weight excluding hydrogens is 352 g/mol. The van der Waals surface area contributed by atoms with E-state index in [1.807, 2.05) is 57.2 Å². The third-order valence-electron chi connectivity index (χ3n) is 4.41. The molecule has 5 nitrogen and oxygen atoms in total. The van der Waals surface area contributed by atoms with Crippen molar-refractivity contribution in [2.45, 2.75) is 39.3 Å². The lowest BCUT2D eigenvalue weighted by molar-refractivity contribution is -0.117. The van der Waals surface area contributed by atoms with Crippen molar-refractivity contribution in [2.24, 2.45) is 0 Å². The molecule has 2 rings (SSSR count). The van der Waals surface area contributed by atoms with Crippen molar-refractivity contribution in [3.63, 3.8) is 0 Å². The van der Waals surface area contributed by atoms with Crippen LogP contribution in [0.2, 0.25) is 0 Å². The van der Waals surface area contributed by atoms with Crippen molar-refractivity contribution in [1.82, 2.24) is 5.32 Å². The van der Waals surface area contributed by atoms with E-state index < -0.39 is 5.91 Å². The van der Waals surface area contributed by atoms with Crippen LogP contribution < -0.4 is 14.8 Å². The first kappa shape index (κ1) is 21.0. The number of nitrogens with zero attached hydrogens (tertiary/aromatic N) is 1. The maximum atomic E-state index is 12.5. The van der Waals surface area contributed by atoms with Crippen molar-refractivity contribution in [2.75, 3.05) is 7.11 Å². The summed E-state index contributed by atoms with van der Waals surface area (Å²) in [4.78, 5) is 12.5. The molecule has 0 aromatic heterocycles. The van der Waals surface area contributed by atoms with Gasteiger partial charge in [0.2, 0.25) is 0 Å². The Labute approximate surface area is 166 Å². The zero-order valence-electron chi connectivity index (χ0n) is 16.7. The molecule has 146 valence electrons. The number of hydrogen-bond acceptors (Lipinski definition) is 4. The number of nitriles is 1. The molecule has 0 aliphatic carbocycles. The number of rotatable bonds is 8. The Morgan fingerprint density at radius 2 is 1.89 bits per heavy atom. The molecule has 0 aliphatic rings. The van der Waals surface area contributed by atoms with Gasteiger partial charge in [0.1, 0.15) is 11.6 Å². The summed E-state index contributed by atoms with van der Waals surface area (Å²) in [5.74, 6) is 0.775. The fourth-order valence-corrected chi connectivity index (χ4v) is 2.59. The van der Waals surface area contributed by atoms with Crippen LogP contribution in [0.4, 0.5) is 0 Å². The third kappa shape index (κ3) is 5.62. The zero-order chi connectivity index (χ0) is 20.5. The van der Waals surface area contributed by atoms with E-state index in [4.69, 9.17) is 9.47 Å². The average molecular weight is 378 g/mol. The summed E-state index contributed by atoms with van der Waals surface area (Å²) in [6.45, 7) is 5.91. The molecule has 2 aromatic rings. The van der Waals surface area contributed by atoms with E-state index in [1.165, 1.54) is 0 Å². The topological polar surface area (TPSA) is 71.3 Å². The van der Waals surface area contributed by atoms with Crippen molar-refractivity contribution in [3.05, 3.63) is 65.2 Å². The summed E-state index contributed by atoms with van der Waals surface area (Å²) >= 11 is 0. The second kappa shape index (κ2) is 10.2. The van der Waals surface area contributed by atoms with Crippen LogP contribution in [0.25, 0.3) is 6.08 Å². The van der Waals surface area contributed by atoms with Crippen LogP contribution >= 0.6 is 0 Å². The monoisotopic (exact) mass is 378 g/mol. The van der Waals surface area contributed by atoms with E-state index >= 15 is 0 Å². The summed E-state index contributed by atoms with van der Waals surface area (Å²) in [6, 6.07) is 16.7. The Morgan fingerprint density at radius 1 is 1.18 bits per heavy atom. The summed E-state index contributed by atoms with van der Waals surface area (Å²) in [5, 5.41) is 12.3. The third-order valence-corrected chi connectivity index (χ3v) is 4.41. The van der Waals surface area contributed by atoms with Crippen LogP contribution in [0.1, 0.15) is 44.4 Å². The first-order valence-corrected chi connectivity index (χ1v) is 9.30. The van der Waals surface area contributed by atoms with Crippen molar-refractivity contribution in [1.29, 1.82) is 5.26 Å². The van der Waals surface area contributed by atoms with Gasteiger partial charge >= 0.3 is 0 Å².